The molecule has 0 unspecified atom stereocenters. The van der Waals surface area contributed by atoms with Gasteiger partial charge in [-0.05, 0) is 38.4 Å². The third-order valence-corrected chi connectivity index (χ3v) is 4.10. The Bertz CT molecular complexity index is 537. The van der Waals surface area contributed by atoms with Crippen LogP contribution in [0.25, 0.3) is 11.3 Å². The molecule has 0 fully saturated rings. The highest BCUT2D eigenvalue weighted by atomic mass is 32.1. The minimum atomic E-state index is 0.874. The van der Waals surface area contributed by atoms with Gasteiger partial charge >= 0.3 is 0 Å². The lowest BCUT2D eigenvalue weighted by Gasteiger charge is -2.09. The average molecular weight is 305 g/mol. The number of nitrogens with zero attached hydrogens (tertiary/aromatic N) is 2. The summed E-state index contributed by atoms with van der Waals surface area (Å²) in [6.45, 7) is 3.06. The molecule has 0 amide bonds. The normalized spacial score (nSPS) is 11.0. The predicted octanol–water partition coefficient (Wildman–Crippen LogP) is 2.51. The van der Waals surface area contributed by atoms with Gasteiger partial charge in [0.05, 0.1) is 17.8 Å². The maximum absolute atomic E-state index is 5.17. The second-order valence-electron chi connectivity index (χ2n) is 5.16. The molecule has 0 aliphatic rings. The van der Waals surface area contributed by atoms with Crippen LogP contribution in [0.2, 0.25) is 0 Å². The van der Waals surface area contributed by atoms with Gasteiger partial charge in [0.15, 0.2) is 0 Å². The zero-order valence-electron chi connectivity index (χ0n) is 12.9. The fourth-order valence-corrected chi connectivity index (χ4v) is 2.75. The second-order valence-corrected chi connectivity index (χ2v) is 6.10. The number of rotatable bonds is 8. The van der Waals surface area contributed by atoms with Crippen LogP contribution in [0.1, 0.15) is 5.01 Å². The first-order chi connectivity index (χ1) is 10.2. The van der Waals surface area contributed by atoms with Crippen LogP contribution in [0.3, 0.4) is 0 Å². The summed E-state index contributed by atoms with van der Waals surface area (Å²) in [7, 11) is 5.85. The molecular formula is C16H23N3OS. The van der Waals surface area contributed by atoms with Gasteiger partial charge in [0.25, 0.3) is 0 Å². The van der Waals surface area contributed by atoms with Crippen molar-refractivity contribution in [1.29, 1.82) is 0 Å². The van der Waals surface area contributed by atoms with Gasteiger partial charge in [0.2, 0.25) is 0 Å². The summed E-state index contributed by atoms with van der Waals surface area (Å²) in [4.78, 5) is 6.87. The molecule has 1 aromatic heterocycles. The summed E-state index contributed by atoms with van der Waals surface area (Å²) in [6, 6.07) is 8.04. The molecule has 1 heterocycles. The molecule has 0 bridgehead atoms. The first kappa shape index (κ1) is 15.9. The van der Waals surface area contributed by atoms with Crippen LogP contribution < -0.4 is 10.1 Å². The summed E-state index contributed by atoms with van der Waals surface area (Å²) in [5.74, 6) is 0.874. The Balaban J connectivity index is 1.83. The summed E-state index contributed by atoms with van der Waals surface area (Å²) in [6.07, 6.45) is 0.980. The van der Waals surface area contributed by atoms with E-state index in [1.165, 1.54) is 5.01 Å². The number of methoxy groups -OCH3 is 1. The number of benzene rings is 1. The zero-order chi connectivity index (χ0) is 15.1. The third-order valence-electron chi connectivity index (χ3n) is 3.19. The van der Waals surface area contributed by atoms with Crippen LogP contribution >= 0.6 is 11.3 Å². The molecule has 2 aromatic rings. The summed E-state index contributed by atoms with van der Waals surface area (Å²) >= 11 is 1.73. The highest BCUT2D eigenvalue weighted by Gasteiger charge is 2.04. The maximum Gasteiger partial charge on any atom is 0.118 e. The Kier molecular flexibility index (Phi) is 6.17. The van der Waals surface area contributed by atoms with E-state index in [1.54, 1.807) is 18.4 Å². The summed E-state index contributed by atoms with van der Waals surface area (Å²) < 4.78 is 5.17. The lowest BCUT2D eigenvalue weighted by molar-refractivity contribution is 0.401. The molecule has 0 saturated carbocycles. The first-order valence-corrected chi connectivity index (χ1v) is 8.01. The van der Waals surface area contributed by atoms with Gasteiger partial charge in [-0.3, -0.25) is 0 Å². The zero-order valence-corrected chi connectivity index (χ0v) is 13.7. The van der Waals surface area contributed by atoms with E-state index in [4.69, 9.17) is 9.72 Å². The summed E-state index contributed by atoms with van der Waals surface area (Å²) in [5, 5.41) is 6.74. The van der Waals surface area contributed by atoms with Crippen molar-refractivity contribution in [2.75, 3.05) is 40.8 Å². The lowest BCUT2D eigenvalue weighted by atomic mass is 10.2. The van der Waals surface area contributed by atoms with Crippen LogP contribution in [-0.2, 0) is 6.42 Å². The monoisotopic (exact) mass is 305 g/mol. The van der Waals surface area contributed by atoms with Crippen molar-refractivity contribution in [2.45, 2.75) is 6.42 Å². The van der Waals surface area contributed by atoms with Gasteiger partial charge < -0.3 is 15.0 Å². The van der Waals surface area contributed by atoms with E-state index in [2.05, 4.69) is 29.7 Å². The first-order valence-electron chi connectivity index (χ1n) is 7.13. The van der Waals surface area contributed by atoms with Crippen LogP contribution in [0, 0.1) is 0 Å². The van der Waals surface area contributed by atoms with Crippen molar-refractivity contribution in [2.24, 2.45) is 0 Å². The van der Waals surface area contributed by atoms with E-state index in [-0.39, 0.29) is 0 Å². The predicted molar refractivity (Wildman–Crippen MR) is 89.2 cm³/mol. The Morgan fingerprint density at radius 2 is 1.95 bits per heavy atom. The van der Waals surface area contributed by atoms with Gasteiger partial charge in [-0.15, -0.1) is 11.3 Å². The van der Waals surface area contributed by atoms with E-state index in [0.717, 1.165) is 43.1 Å². The third kappa shape index (κ3) is 5.12. The number of nitrogens with one attached hydrogen (secondary N) is 1. The Labute approximate surface area is 130 Å². The van der Waals surface area contributed by atoms with Crippen molar-refractivity contribution < 1.29 is 4.74 Å². The van der Waals surface area contributed by atoms with E-state index < -0.39 is 0 Å². The molecule has 0 atom stereocenters. The standard InChI is InChI=1S/C16H23N3OS/c1-19(2)11-10-17-9-8-16-18-15(12-21-16)13-4-6-14(20-3)7-5-13/h4-7,12,17H,8-11H2,1-3H3. The fraction of sp³-hybridized carbons (Fsp3) is 0.438. The molecule has 0 aliphatic heterocycles. The number of ether oxygens (including phenoxy) is 1. The van der Waals surface area contributed by atoms with Crippen molar-refractivity contribution in [3.05, 3.63) is 34.7 Å². The molecule has 0 spiro atoms. The average Bonchev–Trinajstić information content (AvgIpc) is 2.95. The fourth-order valence-electron chi connectivity index (χ4n) is 1.94. The van der Waals surface area contributed by atoms with Crippen molar-refractivity contribution in [3.63, 3.8) is 0 Å². The van der Waals surface area contributed by atoms with Crippen LogP contribution in [-0.4, -0.2) is 50.7 Å². The van der Waals surface area contributed by atoms with Crippen molar-refractivity contribution in [1.82, 2.24) is 15.2 Å². The van der Waals surface area contributed by atoms with Gasteiger partial charge in [0, 0.05) is 37.0 Å². The van der Waals surface area contributed by atoms with Gasteiger partial charge in [-0.25, -0.2) is 4.98 Å². The number of aromatic nitrogens is 1. The SMILES string of the molecule is COc1ccc(-c2csc(CCNCCN(C)C)n2)cc1. The maximum atomic E-state index is 5.17. The molecule has 0 aliphatic carbocycles. The smallest absolute Gasteiger partial charge is 0.118 e. The van der Waals surface area contributed by atoms with Crippen LogP contribution in [0.15, 0.2) is 29.6 Å². The molecule has 0 saturated heterocycles. The highest BCUT2D eigenvalue weighted by Crippen LogP contribution is 2.24. The Morgan fingerprint density at radius 3 is 2.62 bits per heavy atom. The summed E-state index contributed by atoms with van der Waals surface area (Å²) in [5.41, 5.74) is 2.19. The van der Waals surface area contributed by atoms with E-state index in [9.17, 15) is 0 Å². The molecule has 1 aromatic carbocycles. The molecular weight excluding hydrogens is 282 g/mol. The number of thiazole rings is 1. The van der Waals surface area contributed by atoms with E-state index in [0.29, 0.717) is 0 Å². The molecule has 2 rings (SSSR count). The minimum Gasteiger partial charge on any atom is -0.497 e. The molecule has 5 heteroatoms. The van der Waals surface area contributed by atoms with Crippen molar-refractivity contribution in [3.8, 4) is 17.0 Å². The van der Waals surface area contributed by atoms with Gasteiger partial charge in [-0.1, -0.05) is 0 Å². The Morgan fingerprint density at radius 1 is 1.19 bits per heavy atom. The number of likely N-dealkylation sites (N-methyl/N-ethyl adjacent to an activating group) is 1. The van der Waals surface area contributed by atoms with E-state index in [1.807, 2.05) is 24.3 Å². The quantitative estimate of drug-likeness (QED) is 0.761. The molecule has 21 heavy (non-hydrogen) atoms. The second kappa shape index (κ2) is 8.12. The van der Waals surface area contributed by atoms with Gasteiger partial charge in [0.1, 0.15) is 5.75 Å². The molecule has 4 nitrogen and oxygen atoms in total. The molecule has 1 N–H and O–H groups in total. The topological polar surface area (TPSA) is 37.4 Å². The largest absolute Gasteiger partial charge is 0.497 e. The van der Waals surface area contributed by atoms with E-state index >= 15 is 0 Å². The van der Waals surface area contributed by atoms with Crippen LogP contribution in [0.4, 0.5) is 0 Å². The number of hydrogen-bond acceptors (Lipinski definition) is 5. The molecule has 114 valence electrons. The van der Waals surface area contributed by atoms with Crippen molar-refractivity contribution >= 4 is 11.3 Å². The highest BCUT2D eigenvalue weighted by molar-refractivity contribution is 7.09. The van der Waals surface area contributed by atoms with Crippen LogP contribution in [0.5, 0.6) is 5.75 Å². The lowest BCUT2D eigenvalue weighted by Crippen LogP contribution is -2.27. The van der Waals surface area contributed by atoms with Gasteiger partial charge in [-0.2, -0.15) is 0 Å². The molecule has 0 radical (unpaired) electrons. The number of hydrogen-bond donors (Lipinski definition) is 1. The minimum absolute atomic E-state index is 0.874. The Hall–Kier alpha value is -1.43.